The second kappa shape index (κ2) is 6.45. The predicted molar refractivity (Wildman–Crippen MR) is 83.0 cm³/mol. The van der Waals surface area contributed by atoms with E-state index in [1.54, 1.807) is 12.1 Å². The minimum atomic E-state index is -3.27. The first-order chi connectivity index (χ1) is 9.87. The summed E-state index contributed by atoms with van der Waals surface area (Å²) < 4.78 is 30.1. The van der Waals surface area contributed by atoms with E-state index in [0.29, 0.717) is 11.4 Å². The third-order valence-corrected chi connectivity index (χ3v) is 5.20. The first kappa shape index (κ1) is 15.8. The third kappa shape index (κ3) is 4.44. The SMILES string of the molecule is Cc1ccc(S(=O)(=O)C[C@@H](C)NCc2ccc(C)o2)cc1. The largest absolute Gasteiger partial charge is 0.465 e. The van der Waals surface area contributed by atoms with Crippen molar-refractivity contribution in [1.82, 2.24) is 5.32 Å². The van der Waals surface area contributed by atoms with Crippen LogP contribution in [-0.4, -0.2) is 20.2 Å². The summed E-state index contributed by atoms with van der Waals surface area (Å²) in [4.78, 5) is 0.371. The summed E-state index contributed by atoms with van der Waals surface area (Å²) in [6, 6.07) is 10.6. The molecule has 0 aliphatic rings. The number of rotatable bonds is 6. The Morgan fingerprint density at radius 1 is 1.10 bits per heavy atom. The van der Waals surface area contributed by atoms with E-state index in [2.05, 4.69) is 5.32 Å². The van der Waals surface area contributed by atoms with Gasteiger partial charge in [0.15, 0.2) is 9.84 Å². The lowest BCUT2D eigenvalue weighted by Gasteiger charge is -2.13. The van der Waals surface area contributed by atoms with Gasteiger partial charge >= 0.3 is 0 Å². The number of sulfone groups is 1. The van der Waals surface area contributed by atoms with E-state index < -0.39 is 9.84 Å². The zero-order valence-electron chi connectivity index (χ0n) is 12.6. The van der Waals surface area contributed by atoms with Crippen molar-refractivity contribution in [2.45, 2.75) is 38.3 Å². The maximum absolute atomic E-state index is 12.3. The molecular formula is C16H21NO3S. The molecule has 1 aromatic heterocycles. The van der Waals surface area contributed by atoms with Gasteiger partial charge in [-0.05, 0) is 45.0 Å². The summed E-state index contributed by atoms with van der Waals surface area (Å²) in [5.74, 6) is 1.73. The second-order valence-electron chi connectivity index (χ2n) is 5.39. The highest BCUT2D eigenvalue weighted by Gasteiger charge is 2.18. The molecular weight excluding hydrogens is 286 g/mol. The molecule has 2 aromatic rings. The van der Waals surface area contributed by atoms with Gasteiger partial charge in [0.2, 0.25) is 0 Å². The van der Waals surface area contributed by atoms with Gasteiger partial charge in [-0.2, -0.15) is 0 Å². The van der Waals surface area contributed by atoms with Crippen LogP contribution >= 0.6 is 0 Å². The van der Waals surface area contributed by atoms with Gasteiger partial charge in [0.1, 0.15) is 11.5 Å². The molecule has 114 valence electrons. The van der Waals surface area contributed by atoms with Crippen molar-refractivity contribution in [3.63, 3.8) is 0 Å². The smallest absolute Gasteiger partial charge is 0.179 e. The van der Waals surface area contributed by atoms with Gasteiger partial charge in [0.05, 0.1) is 17.2 Å². The molecule has 0 radical (unpaired) electrons. The second-order valence-corrected chi connectivity index (χ2v) is 7.42. The maximum Gasteiger partial charge on any atom is 0.179 e. The molecule has 2 rings (SSSR count). The highest BCUT2D eigenvalue weighted by molar-refractivity contribution is 7.91. The summed E-state index contributed by atoms with van der Waals surface area (Å²) in [5, 5.41) is 3.18. The predicted octanol–water partition coefficient (Wildman–Crippen LogP) is 2.85. The summed E-state index contributed by atoms with van der Waals surface area (Å²) in [6.07, 6.45) is 0. The standard InChI is InChI=1S/C16H21NO3S/c1-12-4-8-16(9-5-12)21(18,19)11-13(2)17-10-15-7-6-14(3)20-15/h4-9,13,17H,10-11H2,1-3H3/t13-/m1/s1. The Morgan fingerprint density at radius 2 is 1.76 bits per heavy atom. The number of nitrogens with one attached hydrogen (secondary N) is 1. The Kier molecular flexibility index (Phi) is 4.85. The molecule has 21 heavy (non-hydrogen) atoms. The van der Waals surface area contributed by atoms with Gasteiger partial charge in [-0.3, -0.25) is 0 Å². The van der Waals surface area contributed by atoms with Gasteiger partial charge in [-0.25, -0.2) is 8.42 Å². The monoisotopic (exact) mass is 307 g/mol. The summed E-state index contributed by atoms with van der Waals surface area (Å²) in [7, 11) is -3.27. The number of furan rings is 1. The van der Waals surface area contributed by atoms with E-state index in [9.17, 15) is 8.42 Å². The molecule has 1 heterocycles. The molecule has 1 N–H and O–H groups in total. The number of aryl methyl sites for hydroxylation is 2. The zero-order chi connectivity index (χ0) is 15.5. The Morgan fingerprint density at radius 3 is 2.33 bits per heavy atom. The molecule has 4 nitrogen and oxygen atoms in total. The van der Waals surface area contributed by atoms with Crippen molar-refractivity contribution in [1.29, 1.82) is 0 Å². The molecule has 0 aliphatic carbocycles. The average molecular weight is 307 g/mol. The molecule has 0 bridgehead atoms. The summed E-state index contributed by atoms with van der Waals surface area (Å²) in [6.45, 7) is 6.21. The molecule has 0 saturated carbocycles. The quantitative estimate of drug-likeness (QED) is 0.891. The van der Waals surface area contributed by atoms with E-state index >= 15 is 0 Å². The van der Waals surface area contributed by atoms with Crippen molar-refractivity contribution < 1.29 is 12.8 Å². The molecule has 0 saturated heterocycles. The van der Waals surface area contributed by atoms with Crippen LogP contribution in [0.25, 0.3) is 0 Å². The van der Waals surface area contributed by atoms with Crippen LogP contribution in [0.3, 0.4) is 0 Å². The van der Waals surface area contributed by atoms with Crippen molar-refractivity contribution >= 4 is 9.84 Å². The molecule has 1 aromatic carbocycles. The highest BCUT2D eigenvalue weighted by atomic mass is 32.2. The molecule has 0 amide bonds. The zero-order valence-corrected chi connectivity index (χ0v) is 13.4. The lowest BCUT2D eigenvalue weighted by Crippen LogP contribution is -2.32. The van der Waals surface area contributed by atoms with Crippen molar-refractivity contribution in [3.05, 3.63) is 53.5 Å². The molecule has 0 unspecified atom stereocenters. The molecule has 0 spiro atoms. The minimum Gasteiger partial charge on any atom is -0.465 e. The highest BCUT2D eigenvalue weighted by Crippen LogP contribution is 2.13. The normalized spacial score (nSPS) is 13.3. The van der Waals surface area contributed by atoms with Gasteiger partial charge < -0.3 is 9.73 Å². The van der Waals surface area contributed by atoms with Crippen molar-refractivity contribution in [2.75, 3.05) is 5.75 Å². The molecule has 0 fully saturated rings. The fourth-order valence-corrected chi connectivity index (χ4v) is 3.60. The fourth-order valence-electron chi connectivity index (χ4n) is 2.08. The van der Waals surface area contributed by atoms with Crippen LogP contribution in [0.4, 0.5) is 0 Å². The number of benzene rings is 1. The lowest BCUT2D eigenvalue weighted by atomic mass is 10.2. The molecule has 1 atom stereocenters. The lowest BCUT2D eigenvalue weighted by molar-refractivity contribution is 0.447. The first-order valence-electron chi connectivity index (χ1n) is 6.95. The van der Waals surface area contributed by atoms with E-state index in [-0.39, 0.29) is 11.8 Å². The van der Waals surface area contributed by atoms with Gasteiger partial charge in [0, 0.05) is 6.04 Å². The number of hydrogen-bond acceptors (Lipinski definition) is 4. The number of hydrogen-bond donors (Lipinski definition) is 1. The Bertz CT molecular complexity index is 687. The van der Waals surface area contributed by atoms with E-state index in [0.717, 1.165) is 17.1 Å². The van der Waals surface area contributed by atoms with Crippen LogP contribution in [0.2, 0.25) is 0 Å². The van der Waals surface area contributed by atoms with Crippen molar-refractivity contribution in [3.8, 4) is 0 Å². The molecule has 0 aliphatic heterocycles. The van der Waals surface area contributed by atoms with Crippen molar-refractivity contribution in [2.24, 2.45) is 0 Å². The topological polar surface area (TPSA) is 59.3 Å². The maximum atomic E-state index is 12.3. The Labute approximate surface area is 126 Å². The van der Waals surface area contributed by atoms with Crippen LogP contribution in [-0.2, 0) is 16.4 Å². The third-order valence-electron chi connectivity index (χ3n) is 3.27. The van der Waals surface area contributed by atoms with Gasteiger partial charge in [-0.1, -0.05) is 17.7 Å². The van der Waals surface area contributed by atoms with E-state index in [1.165, 1.54) is 0 Å². The van der Waals surface area contributed by atoms with Crippen LogP contribution < -0.4 is 5.32 Å². The van der Waals surface area contributed by atoms with Crippen LogP contribution in [0.5, 0.6) is 0 Å². The minimum absolute atomic E-state index is 0.0652. The van der Waals surface area contributed by atoms with Gasteiger partial charge in [0.25, 0.3) is 0 Å². The summed E-state index contributed by atoms with van der Waals surface area (Å²) in [5.41, 5.74) is 1.05. The van der Waals surface area contributed by atoms with Gasteiger partial charge in [-0.15, -0.1) is 0 Å². The fraction of sp³-hybridized carbons (Fsp3) is 0.375. The average Bonchev–Trinajstić information content (AvgIpc) is 2.82. The van der Waals surface area contributed by atoms with E-state index in [1.807, 2.05) is 45.0 Å². The summed E-state index contributed by atoms with van der Waals surface area (Å²) >= 11 is 0. The van der Waals surface area contributed by atoms with Crippen LogP contribution in [0.1, 0.15) is 24.0 Å². The van der Waals surface area contributed by atoms with Crippen LogP contribution in [0, 0.1) is 13.8 Å². The van der Waals surface area contributed by atoms with Crippen LogP contribution in [0.15, 0.2) is 45.7 Å². The first-order valence-corrected chi connectivity index (χ1v) is 8.60. The van der Waals surface area contributed by atoms with E-state index in [4.69, 9.17) is 4.42 Å². The Balaban J connectivity index is 1.94. The Hall–Kier alpha value is -1.59. The molecule has 5 heteroatoms.